The van der Waals surface area contributed by atoms with Gasteiger partial charge in [-0.25, -0.2) is 4.79 Å². The standard InChI is InChI=1S/C30H33N5O3/c1-2-37-23-15-16-24-25(17-23)35(22-7-4-8-22)27(26(24)28-33-29(38-34-28)19-9-10-19)18-11-13-21(14-12-18)32-30(36)31-20-5-3-6-20/h11-17,19-20,22H,2-10H2,1H3,(H2,31,32,36). The molecule has 2 aromatic heterocycles. The molecule has 4 aromatic rings. The molecule has 2 amide bonds. The number of hydrogen-bond donors (Lipinski definition) is 2. The highest BCUT2D eigenvalue weighted by Gasteiger charge is 2.33. The van der Waals surface area contributed by atoms with E-state index < -0.39 is 0 Å². The van der Waals surface area contributed by atoms with Crippen molar-refractivity contribution in [2.45, 2.75) is 76.3 Å². The largest absolute Gasteiger partial charge is 0.494 e. The van der Waals surface area contributed by atoms with Crippen LogP contribution in [-0.4, -0.2) is 33.4 Å². The first-order valence-electron chi connectivity index (χ1n) is 14.0. The van der Waals surface area contributed by atoms with Crippen LogP contribution in [0.4, 0.5) is 10.5 Å². The summed E-state index contributed by atoms with van der Waals surface area (Å²) in [5.74, 6) is 2.62. The highest BCUT2D eigenvalue weighted by molar-refractivity contribution is 6.04. The second-order valence-electron chi connectivity index (χ2n) is 10.8. The Hall–Kier alpha value is -3.81. The Morgan fingerprint density at radius 1 is 1.05 bits per heavy atom. The van der Waals surface area contributed by atoms with Crippen molar-refractivity contribution in [3.8, 4) is 28.4 Å². The van der Waals surface area contributed by atoms with Gasteiger partial charge < -0.3 is 24.5 Å². The van der Waals surface area contributed by atoms with Crippen LogP contribution >= 0.6 is 0 Å². The molecule has 2 N–H and O–H groups in total. The van der Waals surface area contributed by atoms with Crippen molar-refractivity contribution in [3.05, 3.63) is 48.4 Å². The van der Waals surface area contributed by atoms with E-state index in [-0.39, 0.29) is 6.03 Å². The molecule has 38 heavy (non-hydrogen) atoms. The van der Waals surface area contributed by atoms with Gasteiger partial charge >= 0.3 is 6.03 Å². The zero-order chi connectivity index (χ0) is 25.6. The normalized spacial score (nSPS) is 17.7. The molecule has 2 aromatic carbocycles. The van der Waals surface area contributed by atoms with Crippen LogP contribution in [0.25, 0.3) is 33.5 Å². The van der Waals surface area contributed by atoms with Crippen LogP contribution in [0.1, 0.15) is 76.1 Å². The number of carbonyl (C=O) groups is 1. The van der Waals surface area contributed by atoms with Crippen molar-refractivity contribution < 1.29 is 14.1 Å². The molecule has 2 heterocycles. The van der Waals surface area contributed by atoms with Crippen LogP contribution in [0, 0.1) is 0 Å². The van der Waals surface area contributed by atoms with Gasteiger partial charge in [0.15, 0.2) is 0 Å². The number of benzene rings is 2. The fraction of sp³-hybridized carbons (Fsp3) is 0.433. The predicted octanol–water partition coefficient (Wildman–Crippen LogP) is 7.03. The Kier molecular flexibility index (Phi) is 5.82. The first kappa shape index (κ1) is 23.3. The zero-order valence-corrected chi connectivity index (χ0v) is 21.7. The van der Waals surface area contributed by atoms with Crippen LogP contribution in [0.5, 0.6) is 5.75 Å². The lowest BCUT2D eigenvalue weighted by Gasteiger charge is -2.30. The van der Waals surface area contributed by atoms with Gasteiger partial charge in [0.2, 0.25) is 11.7 Å². The van der Waals surface area contributed by atoms with E-state index in [2.05, 4.69) is 44.6 Å². The van der Waals surface area contributed by atoms with Gasteiger partial charge in [-0.15, -0.1) is 0 Å². The number of hydrogen-bond acceptors (Lipinski definition) is 5. The van der Waals surface area contributed by atoms with E-state index >= 15 is 0 Å². The van der Waals surface area contributed by atoms with Crippen molar-refractivity contribution in [1.29, 1.82) is 0 Å². The smallest absolute Gasteiger partial charge is 0.319 e. The van der Waals surface area contributed by atoms with Crippen LogP contribution in [0.3, 0.4) is 0 Å². The van der Waals surface area contributed by atoms with Crippen LogP contribution in [-0.2, 0) is 0 Å². The summed E-state index contributed by atoms with van der Waals surface area (Å²) in [6.07, 6.45) is 9.01. The second kappa shape index (κ2) is 9.49. The Labute approximate surface area is 221 Å². The van der Waals surface area contributed by atoms with Gasteiger partial charge in [-0.1, -0.05) is 17.3 Å². The average molecular weight is 512 g/mol. The number of fused-ring (bicyclic) bond motifs is 1. The number of nitrogens with zero attached hydrogens (tertiary/aromatic N) is 3. The first-order chi connectivity index (χ1) is 18.7. The van der Waals surface area contributed by atoms with Crippen LogP contribution in [0.15, 0.2) is 47.0 Å². The fourth-order valence-corrected chi connectivity index (χ4v) is 5.53. The maximum atomic E-state index is 12.4. The topological polar surface area (TPSA) is 94.2 Å². The SMILES string of the molecule is CCOc1ccc2c(-c3noc(C4CC4)n3)c(-c3ccc(NC(=O)NC4CCC4)cc3)n(C3CCC3)c2c1. The first-order valence-corrected chi connectivity index (χ1v) is 14.0. The molecule has 0 aliphatic heterocycles. The summed E-state index contributed by atoms with van der Waals surface area (Å²) in [4.78, 5) is 17.3. The highest BCUT2D eigenvalue weighted by atomic mass is 16.5. The number of rotatable bonds is 8. The Balaban J connectivity index is 1.33. The van der Waals surface area contributed by atoms with E-state index in [1.165, 1.54) is 12.8 Å². The maximum absolute atomic E-state index is 12.4. The summed E-state index contributed by atoms with van der Waals surface area (Å²) >= 11 is 0. The van der Waals surface area contributed by atoms with Crippen molar-refractivity contribution >= 4 is 22.6 Å². The molecule has 196 valence electrons. The number of amides is 2. The van der Waals surface area contributed by atoms with Crippen molar-refractivity contribution in [2.24, 2.45) is 0 Å². The molecule has 3 aliphatic rings. The van der Waals surface area contributed by atoms with E-state index in [0.29, 0.717) is 30.4 Å². The molecular weight excluding hydrogens is 478 g/mol. The summed E-state index contributed by atoms with van der Waals surface area (Å²) in [5.41, 5.74) is 5.04. The number of nitrogens with one attached hydrogen (secondary N) is 2. The third kappa shape index (κ3) is 4.22. The molecule has 3 fully saturated rings. The highest BCUT2D eigenvalue weighted by Crippen LogP contribution is 2.47. The average Bonchev–Trinajstić information content (AvgIpc) is 3.52. The van der Waals surface area contributed by atoms with E-state index in [1.807, 2.05) is 25.1 Å². The van der Waals surface area contributed by atoms with Gasteiger partial charge in [-0.05, 0) is 88.1 Å². The number of aromatic nitrogens is 3. The van der Waals surface area contributed by atoms with E-state index in [9.17, 15) is 4.79 Å². The summed E-state index contributed by atoms with van der Waals surface area (Å²) in [7, 11) is 0. The van der Waals surface area contributed by atoms with Crippen LogP contribution in [0.2, 0.25) is 0 Å². The lowest BCUT2D eigenvalue weighted by Crippen LogP contribution is -2.41. The van der Waals surface area contributed by atoms with E-state index in [1.54, 1.807) is 0 Å². The van der Waals surface area contributed by atoms with Crippen molar-refractivity contribution in [3.63, 3.8) is 0 Å². The quantitative estimate of drug-likeness (QED) is 0.265. The number of urea groups is 1. The molecule has 0 unspecified atom stereocenters. The minimum atomic E-state index is -0.144. The molecule has 0 spiro atoms. The minimum Gasteiger partial charge on any atom is -0.494 e. The molecule has 0 saturated heterocycles. The van der Waals surface area contributed by atoms with Gasteiger partial charge in [0.25, 0.3) is 0 Å². The van der Waals surface area contributed by atoms with Gasteiger partial charge in [-0.3, -0.25) is 0 Å². The van der Waals surface area contributed by atoms with Crippen molar-refractivity contribution in [1.82, 2.24) is 20.0 Å². The summed E-state index contributed by atoms with van der Waals surface area (Å²) in [5, 5.41) is 11.6. The van der Waals surface area contributed by atoms with Crippen molar-refractivity contribution in [2.75, 3.05) is 11.9 Å². The predicted molar refractivity (Wildman–Crippen MR) is 146 cm³/mol. The Morgan fingerprint density at radius 2 is 1.84 bits per heavy atom. The number of ether oxygens (including phenoxy) is 1. The molecule has 0 radical (unpaired) electrons. The molecule has 8 nitrogen and oxygen atoms in total. The van der Waals surface area contributed by atoms with Crippen LogP contribution < -0.4 is 15.4 Å². The van der Waals surface area contributed by atoms with Gasteiger partial charge in [0.1, 0.15) is 5.75 Å². The Bertz CT molecular complexity index is 1480. The van der Waals surface area contributed by atoms with Gasteiger partial charge in [0.05, 0.1) is 23.4 Å². The van der Waals surface area contributed by atoms with E-state index in [0.717, 1.165) is 83.6 Å². The minimum absolute atomic E-state index is 0.144. The molecule has 0 atom stereocenters. The van der Waals surface area contributed by atoms with E-state index in [4.69, 9.17) is 14.2 Å². The Morgan fingerprint density at radius 3 is 2.50 bits per heavy atom. The maximum Gasteiger partial charge on any atom is 0.319 e. The molecular formula is C30H33N5O3. The molecule has 3 saturated carbocycles. The fourth-order valence-electron chi connectivity index (χ4n) is 5.53. The molecule has 3 aliphatic carbocycles. The van der Waals surface area contributed by atoms with Gasteiger partial charge in [0, 0.05) is 35.1 Å². The summed E-state index contributed by atoms with van der Waals surface area (Å²) in [6, 6.07) is 15.0. The zero-order valence-electron chi connectivity index (χ0n) is 21.7. The third-order valence-electron chi connectivity index (χ3n) is 8.18. The second-order valence-corrected chi connectivity index (χ2v) is 10.8. The number of anilines is 1. The molecule has 7 rings (SSSR count). The lowest BCUT2D eigenvalue weighted by molar-refractivity contribution is 0.240. The monoisotopic (exact) mass is 511 g/mol. The van der Waals surface area contributed by atoms with Gasteiger partial charge in [-0.2, -0.15) is 4.98 Å². The molecule has 8 heteroatoms. The molecule has 0 bridgehead atoms. The lowest BCUT2D eigenvalue weighted by atomic mass is 9.92. The third-order valence-corrected chi connectivity index (χ3v) is 8.18. The summed E-state index contributed by atoms with van der Waals surface area (Å²) in [6.45, 7) is 2.63. The summed E-state index contributed by atoms with van der Waals surface area (Å²) < 4.78 is 14.1. The number of carbonyl (C=O) groups excluding carboxylic acids is 1.